The van der Waals surface area contributed by atoms with Gasteiger partial charge in [0.25, 0.3) is 0 Å². The largest absolute Gasteiger partial charge is 0.387 e. The van der Waals surface area contributed by atoms with Gasteiger partial charge in [0.2, 0.25) is 0 Å². The van der Waals surface area contributed by atoms with Gasteiger partial charge in [-0.15, -0.1) is 0 Å². The highest BCUT2D eigenvalue weighted by molar-refractivity contribution is 5.49. The Balaban J connectivity index is 0.955. The van der Waals surface area contributed by atoms with Crippen molar-refractivity contribution in [3.8, 4) is 0 Å². The zero-order chi connectivity index (χ0) is 31.0. The SMILES string of the molecule is C1=CC(C2=CC[N+](Cc3ccccc3)(Cc3ccc(CN4C=CC(C5=CCN(Cc6ccccc6)C=C5)=CC4)cc3)C=C2)=CCN1. The summed E-state index contributed by atoms with van der Waals surface area (Å²) >= 11 is 0. The first-order chi connectivity index (χ1) is 22.7. The van der Waals surface area contributed by atoms with E-state index in [1.165, 1.54) is 44.5 Å². The monoisotopic (exact) mass is 603 g/mol. The van der Waals surface area contributed by atoms with E-state index in [4.69, 9.17) is 0 Å². The van der Waals surface area contributed by atoms with Gasteiger partial charge in [-0.1, -0.05) is 103 Å². The maximum Gasteiger partial charge on any atom is 0.109 e. The van der Waals surface area contributed by atoms with Gasteiger partial charge in [0.05, 0.1) is 6.20 Å². The molecule has 0 fully saturated rings. The lowest BCUT2D eigenvalue weighted by Gasteiger charge is -2.36. The molecule has 1 N–H and O–H groups in total. The van der Waals surface area contributed by atoms with Gasteiger partial charge in [0, 0.05) is 56.3 Å². The van der Waals surface area contributed by atoms with Crippen molar-refractivity contribution in [2.75, 3.05) is 26.2 Å². The van der Waals surface area contributed by atoms with Crippen molar-refractivity contribution in [3.63, 3.8) is 0 Å². The van der Waals surface area contributed by atoms with Crippen LogP contribution in [0.3, 0.4) is 0 Å². The summed E-state index contributed by atoms with van der Waals surface area (Å²) in [6.45, 7) is 7.52. The molecule has 0 spiro atoms. The third-order valence-electron chi connectivity index (χ3n) is 9.23. The maximum atomic E-state index is 3.26. The Hall–Kier alpha value is -5.06. The number of dihydropyridines is 1. The van der Waals surface area contributed by atoms with Gasteiger partial charge in [-0.05, 0) is 70.0 Å². The van der Waals surface area contributed by atoms with Gasteiger partial charge in [0.1, 0.15) is 19.6 Å². The van der Waals surface area contributed by atoms with Gasteiger partial charge < -0.3 is 15.1 Å². The number of quaternary nitrogens is 1. The van der Waals surface area contributed by atoms with E-state index < -0.39 is 0 Å². The lowest BCUT2D eigenvalue weighted by Crippen LogP contribution is -2.42. The number of nitrogens with one attached hydrogen (secondary N) is 1. The average molecular weight is 604 g/mol. The van der Waals surface area contributed by atoms with Crippen LogP contribution in [0, 0.1) is 0 Å². The third kappa shape index (κ3) is 7.42. The molecule has 4 heterocycles. The lowest BCUT2D eigenvalue weighted by molar-refractivity contribution is -0.901. The van der Waals surface area contributed by atoms with Crippen molar-refractivity contribution in [1.29, 1.82) is 0 Å². The van der Waals surface area contributed by atoms with Crippen LogP contribution >= 0.6 is 0 Å². The molecule has 0 saturated heterocycles. The molecule has 0 amide bonds. The average Bonchev–Trinajstić information content (AvgIpc) is 3.11. The molecule has 0 aromatic heterocycles. The van der Waals surface area contributed by atoms with Gasteiger partial charge in [-0.2, -0.15) is 0 Å². The fourth-order valence-corrected chi connectivity index (χ4v) is 6.66. The van der Waals surface area contributed by atoms with E-state index in [1.807, 2.05) is 6.20 Å². The van der Waals surface area contributed by atoms with Crippen LogP contribution in [0.5, 0.6) is 0 Å². The van der Waals surface area contributed by atoms with Crippen LogP contribution in [0.15, 0.2) is 181 Å². The van der Waals surface area contributed by atoms with Crippen molar-refractivity contribution < 1.29 is 4.48 Å². The van der Waals surface area contributed by atoms with Crippen molar-refractivity contribution in [3.05, 3.63) is 203 Å². The van der Waals surface area contributed by atoms with Crippen LogP contribution in [-0.4, -0.2) is 40.5 Å². The second-order valence-electron chi connectivity index (χ2n) is 12.7. The Morgan fingerprint density at radius 3 is 1.57 bits per heavy atom. The molecule has 3 aromatic carbocycles. The summed E-state index contributed by atoms with van der Waals surface area (Å²) in [6.07, 6.45) is 27.4. The topological polar surface area (TPSA) is 18.5 Å². The molecule has 4 aliphatic heterocycles. The van der Waals surface area contributed by atoms with Gasteiger partial charge >= 0.3 is 0 Å². The molecular weight excluding hydrogens is 560 g/mol. The zero-order valence-electron chi connectivity index (χ0n) is 26.5. The van der Waals surface area contributed by atoms with Crippen molar-refractivity contribution in [2.45, 2.75) is 26.2 Å². The molecule has 230 valence electrons. The first-order valence-electron chi connectivity index (χ1n) is 16.5. The van der Waals surface area contributed by atoms with Gasteiger partial charge in [-0.3, -0.25) is 4.48 Å². The zero-order valence-corrected chi connectivity index (χ0v) is 26.5. The fraction of sp³-hybridized carbons (Fsp3) is 0.190. The van der Waals surface area contributed by atoms with Gasteiger partial charge in [-0.25, -0.2) is 0 Å². The summed E-state index contributed by atoms with van der Waals surface area (Å²) in [7, 11) is 0. The molecule has 3 aromatic rings. The Morgan fingerprint density at radius 2 is 1.04 bits per heavy atom. The van der Waals surface area contributed by atoms with Crippen LogP contribution < -0.4 is 5.32 Å². The molecule has 0 saturated carbocycles. The molecule has 0 radical (unpaired) electrons. The Kier molecular flexibility index (Phi) is 8.97. The minimum atomic E-state index is 0.888. The highest BCUT2D eigenvalue weighted by Crippen LogP contribution is 2.29. The maximum absolute atomic E-state index is 3.26. The Morgan fingerprint density at radius 1 is 0.522 bits per heavy atom. The second-order valence-corrected chi connectivity index (χ2v) is 12.7. The first kappa shape index (κ1) is 29.6. The summed E-state index contributed by atoms with van der Waals surface area (Å²) < 4.78 is 0.888. The minimum absolute atomic E-state index is 0.888. The number of allylic oxidation sites excluding steroid dienone is 8. The summed E-state index contributed by atoms with van der Waals surface area (Å²) in [5.41, 5.74) is 10.7. The van der Waals surface area contributed by atoms with E-state index in [-0.39, 0.29) is 0 Å². The number of rotatable bonds is 10. The molecule has 4 nitrogen and oxygen atoms in total. The third-order valence-corrected chi connectivity index (χ3v) is 9.23. The van der Waals surface area contributed by atoms with E-state index in [0.717, 1.165) is 56.8 Å². The predicted molar refractivity (Wildman–Crippen MR) is 190 cm³/mol. The van der Waals surface area contributed by atoms with Crippen LogP contribution in [0.25, 0.3) is 0 Å². The minimum Gasteiger partial charge on any atom is -0.387 e. The van der Waals surface area contributed by atoms with Crippen LogP contribution in [-0.2, 0) is 26.2 Å². The van der Waals surface area contributed by atoms with E-state index in [2.05, 4.69) is 167 Å². The molecule has 7 rings (SSSR count). The van der Waals surface area contributed by atoms with Crippen molar-refractivity contribution >= 4 is 0 Å². The molecule has 1 atom stereocenters. The normalized spacial score (nSPS) is 20.5. The summed E-state index contributed by atoms with van der Waals surface area (Å²) in [4.78, 5) is 4.74. The molecule has 0 aliphatic carbocycles. The first-order valence-corrected chi connectivity index (χ1v) is 16.5. The smallest absolute Gasteiger partial charge is 0.109 e. The summed E-state index contributed by atoms with van der Waals surface area (Å²) in [6, 6.07) is 30.9. The summed E-state index contributed by atoms with van der Waals surface area (Å²) in [5, 5.41) is 3.26. The number of benzene rings is 3. The number of hydrogen-bond acceptors (Lipinski definition) is 3. The summed E-state index contributed by atoms with van der Waals surface area (Å²) in [5.74, 6) is 0. The molecule has 0 bridgehead atoms. The van der Waals surface area contributed by atoms with Crippen LogP contribution in [0.4, 0.5) is 0 Å². The molecular formula is C42H43N4+. The highest BCUT2D eigenvalue weighted by Gasteiger charge is 2.28. The molecule has 1 unspecified atom stereocenters. The Labute approximate surface area is 274 Å². The Bertz CT molecular complexity index is 1750. The molecule has 4 aliphatic rings. The lowest BCUT2D eigenvalue weighted by atomic mass is 9.99. The van der Waals surface area contributed by atoms with Crippen molar-refractivity contribution in [2.24, 2.45) is 0 Å². The van der Waals surface area contributed by atoms with Crippen LogP contribution in [0.2, 0.25) is 0 Å². The standard InChI is InChI=1S/C42H43N4/c1-3-7-35(8-4-1)31-44-25-17-40(18-26-44)41-19-27-45(28-20-41)32-36-11-13-38(14-12-36)34-46(33-37-9-5-2-6-10-37)29-21-42(22-30-46)39-15-23-43-24-16-39/h1-23,25,27,29,43H,24,26,28,30-34H2/q+1. The van der Waals surface area contributed by atoms with Crippen LogP contribution in [0.1, 0.15) is 22.3 Å². The van der Waals surface area contributed by atoms with Gasteiger partial charge in [0.15, 0.2) is 0 Å². The number of hydrogen-bond donors (Lipinski definition) is 1. The molecule has 4 heteroatoms. The fourth-order valence-electron chi connectivity index (χ4n) is 6.66. The van der Waals surface area contributed by atoms with E-state index in [1.54, 1.807) is 0 Å². The van der Waals surface area contributed by atoms with Crippen molar-refractivity contribution in [1.82, 2.24) is 15.1 Å². The van der Waals surface area contributed by atoms with E-state index >= 15 is 0 Å². The highest BCUT2D eigenvalue weighted by atomic mass is 15.3. The van der Waals surface area contributed by atoms with E-state index in [9.17, 15) is 0 Å². The molecule has 46 heavy (non-hydrogen) atoms. The van der Waals surface area contributed by atoms with E-state index in [0.29, 0.717) is 0 Å². The second kappa shape index (κ2) is 13.9. The predicted octanol–water partition coefficient (Wildman–Crippen LogP) is 7.91. The number of nitrogens with zero attached hydrogens (tertiary/aromatic N) is 3. The quantitative estimate of drug-likeness (QED) is 0.238.